The van der Waals surface area contributed by atoms with Crippen LogP contribution < -0.4 is 5.32 Å². The Kier molecular flexibility index (Phi) is 7.55. The fourth-order valence-corrected chi connectivity index (χ4v) is 3.53. The van der Waals surface area contributed by atoms with Crippen molar-refractivity contribution >= 4 is 11.8 Å². The van der Waals surface area contributed by atoms with Gasteiger partial charge in [-0.25, -0.2) is 0 Å². The summed E-state index contributed by atoms with van der Waals surface area (Å²) in [5.41, 5.74) is 0. The molecule has 1 nitrogen and oxygen atoms in total. The molecule has 1 saturated carbocycles. The third kappa shape index (κ3) is 4.67. The van der Waals surface area contributed by atoms with Gasteiger partial charge in [0, 0.05) is 6.04 Å². The number of hydrogen-bond donors (Lipinski definition) is 1. The Morgan fingerprint density at radius 1 is 1.25 bits per heavy atom. The minimum Gasteiger partial charge on any atom is -0.314 e. The SMILES string of the molecule is CCNC1CCC(CC)CC1CCCSC. The summed E-state index contributed by atoms with van der Waals surface area (Å²) in [6.45, 7) is 5.74. The molecule has 1 aliphatic rings. The fourth-order valence-electron chi connectivity index (χ4n) is 3.07. The Labute approximate surface area is 106 Å². The molecule has 0 aromatic heterocycles. The van der Waals surface area contributed by atoms with Crippen LogP contribution in [0.25, 0.3) is 0 Å². The second-order valence-electron chi connectivity index (χ2n) is 5.15. The van der Waals surface area contributed by atoms with Crippen LogP contribution in [0.1, 0.15) is 52.4 Å². The van der Waals surface area contributed by atoms with Crippen molar-refractivity contribution in [1.82, 2.24) is 5.32 Å². The minimum absolute atomic E-state index is 0.814. The summed E-state index contributed by atoms with van der Waals surface area (Å²) in [4.78, 5) is 0. The van der Waals surface area contributed by atoms with Crippen LogP contribution in [0.15, 0.2) is 0 Å². The molecule has 0 saturated heterocycles. The maximum absolute atomic E-state index is 3.70. The zero-order chi connectivity index (χ0) is 11.8. The van der Waals surface area contributed by atoms with Crippen molar-refractivity contribution < 1.29 is 0 Å². The molecule has 1 rings (SSSR count). The predicted octanol–water partition coefficient (Wildman–Crippen LogP) is 3.93. The highest BCUT2D eigenvalue weighted by Crippen LogP contribution is 2.34. The molecule has 0 bridgehead atoms. The summed E-state index contributed by atoms with van der Waals surface area (Å²) in [5, 5.41) is 3.70. The zero-order valence-corrected chi connectivity index (χ0v) is 12.1. The molecule has 16 heavy (non-hydrogen) atoms. The lowest BCUT2D eigenvalue weighted by Crippen LogP contribution is -2.40. The number of rotatable bonds is 7. The molecule has 1 N–H and O–H groups in total. The van der Waals surface area contributed by atoms with E-state index in [4.69, 9.17) is 0 Å². The van der Waals surface area contributed by atoms with Crippen molar-refractivity contribution in [2.45, 2.75) is 58.4 Å². The third-order valence-electron chi connectivity index (χ3n) is 4.06. The average Bonchev–Trinajstić information content (AvgIpc) is 2.31. The van der Waals surface area contributed by atoms with E-state index in [0.717, 1.165) is 24.4 Å². The number of nitrogens with one attached hydrogen (secondary N) is 1. The lowest BCUT2D eigenvalue weighted by Gasteiger charge is -2.36. The van der Waals surface area contributed by atoms with Gasteiger partial charge in [-0.15, -0.1) is 0 Å². The van der Waals surface area contributed by atoms with Gasteiger partial charge in [0.1, 0.15) is 0 Å². The Balaban J connectivity index is 2.37. The topological polar surface area (TPSA) is 12.0 Å². The highest BCUT2D eigenvalue weighted by molar-refractivity contribution is 7.98. The Morgan fingerprint density at radius 3 is 2.69 bits per heavy atom. The summed E-state index contributed by atoms with van der Waals surface area (Å²) in [6.07, 6.45) is 10.8. The molecule has 96 valence electrons. The van der Waals surface area contributed by atoms with Crippen molar-refractivity contribution in [3.63, 3.8) is 0 Å². The summed E-state index contributed by atoms with van der Waals surface area (Å²) < 4.78 is 0. The highest BCUT2D eigenvalue weighted by Gasteiger charge is 2.28. The van der Waals surface area contributed by atoms with Crippen molar-refractivity contribution in [3.8, 4) is 0 Å². The Morgan fingerprint density at radius 2 is 2.06 bits per heavy atom. The molecular formula is C14H29NS. The molecule has 0 radical (unpaired) electrons. The largest absolute Gasteiger partial charge is 0.314 e. The third-order valence-corrected chi connectivity index (χ3v) is 4.76. The summed E-state index contributed by atoms with van der Waals surface area (Å²) in [6, 6.07) is 0.814. The molecule has 1 aliphatic carbocycles. The van der Waals surface area contributed by atoms with Gasteiger partial charge in [-0.05, 0) is 62.5 Å². The van der Waals surface area contributed by atoms with Gasteiger partial charge < -0.3 is 5.32 Å². The molecule has 0 spiro atoms. The quantitative estimate of drug-likeness (QED) is 0.680. The Bertz CT molecular complexity index is 172. The van der Waals surface area contributed by atoms with Gasteiger partial charge in [0.05, 0.1) is 0 Å². The standard InChI is InChI=1S/C14H29NS/c1-4-12-8-9-14(15-5-2)13(11-12)7-6-10-16-3/h12-15H,4-11H2,1-3H3. The molecule has 1 fully saturated rings. The van der Waals surface area contributed by atoms with Crippen LogP contribution in [0.4, 0.5) is 0 Å². The van der Waals surface area contributed by atoms with Gasteiger partial charge >= 0.3 is 0 Å². The first-order valence-corrected chi connectivity index (χ1v) is 8.43. The fraction of sp³-hybridized carbons (Fsp3) is 1.00. The lowest BCUT2D eigenvalue weighted by atomic mass is 9.75. The molecule has 0 amide bonds. The van der Waals surface area contributed by atoms with Crippen LogP contribution in [0.5, 0.6) is 0 Å². The van der Waals surface area contributed by atoms with E-state index in [1.165, 1.54) is 44.3 Å². The van der Waals surface area contributed by atoms with E-state index in [2.05, 4.69) is 25.4 Å². The van der Waals surface area contributed by atoms with E-state index in [9.17, 15) is 0 Å². The first-order valence-electron chi connectivity index (χ1n) is 7.04. The zero-order valence-electron chi connectivity index (χ0n) is 11.3. The van der Waals surface area contributed by atoms with Crippen molar-refractivity contribution in [2.24, 2.45) is 11.8 Å². The number of thioether (sulfide) groups is 1. The second-order valence-corrected chi connectivity index (χ2v) is 6.13. The van der Waals surface area contributed by atoms with Crippen molar-refractivity contribution in [1.29, 1.82) is 0 Å². The van der Waals surface area contributed by atoms with E-state index in [1.807, 2.05) is 11.8 Å². The van der Waals surface area contributed by atoms with Crippen LogP contribution >= 0.6 is 11.8 Å². The molecular weight excluding hydrogens is 214 g/mol. The molecule has 0 aliphatic heterocycles. The van der Waals surface area contributed by atoms with Crippen molar-refractivity contribution in [3.05, 3.63) is 0 Å². The smallest absolute Gasteiger partial charge is 0.00954 e. The van der Waals surface area contributed by atoms with Gasteiger partial charge in [0.25, 0.3) is 0 Å². The molecule has 3 atom stereocenters. The second kappa shape index (κ2) is 8.41. The predicted molar refractivity (Wildman–Crippen MR) is 76.2 cm³/mol. The summed E-state index contributed by atoms with van der Waals surface area (Å²) in [7, 11) is 0. The van der Waals surface area contributed by atoms with E-state index < -0.39 is 0 Å². The molecule has 0 aromatic rings. The minimum atomic E-state index is 0.814. The van der Waals surface area contributed by atoms with Gasteiger partial charge in [0.2, 0.25) is 0 Å². The number of hydrogen-bond acceptors (Lipinski definition) is 2. The van der Waals surface area contributed by atoms with Crippen LogP contribution in [-0.4, -0.2) is 24.6 Å². The summed E-state index contributed by atoms with van der Waals surface area (Å²) >= 11 is 1.99. The van der Waals surface area contributed by atoms with E-state index >= 15 is 0 Å². The van der Waals surface area contributed by atoms with E-state index in [0.29, 0.717) is 0 Å². The van der Waals surface area contributed by atoms with Crippen LogP contribution in [0, 0.1) is 11.8 Å². The van der Waals surface area contributed by atoms with Gasteiger partial charge in [-0.1, -0.05) is 20.3 Å². The van der Waals surface area contributed by atoms with Gasteiger partial charge in [0.15, 0.2) is 0 Å². The van der Waals surface area contributed by atoms with Gasteiger partial charge in [-0.2, -0.15) is 11.8 Å². The molecule has 3 unspecified atom stereocenters. The first-order chi connectivity index (χ1) is 7.81. The molecule has 0 aromatic carbocycles. The summed E-state index contributed by atoms with van der Waals surface area (Å²) in [5.74, 6) is 3.30. The maximum atomic E-state index is 3.70. The first kappa shape index (κ1) is 14.4. The monoisotopic (exact) mass is 243 g/mol. The molecule has 0 heterocycles. The lowest BCUT2D eigenvalue weighted by molar-refractivity contribution is 0.191. The normalized spacial score (nSPS) is 30.6. The molecule has 2 heteroatoms. The van der Waals surface area contributed by atoms with Crippen molar-refractivity contribution in [2.75, 3.05) is 18.6 Å². The maximum Gasteiger partial charge on any atom is 0.00954 e. The van der Waals surface area contributed by atoms with Crippen LogP contribution in [0.2, 0.25) is 0 Å². The average molecular weight is 243 g/mol. The van der Waals surface area contributed by atoms with E-state index in [-0.39, 0.29) is 0 Å². The Hall–Kier alpha value is 0.310. The van der Waals surface area contributed by atoms with Crippen LogP contribution in [-0.2, 0) is 0 Å². The highest BCUT2D eigenvalue weighted by atomic mass is 32.2. The van der Waals surface area contributed by atoms with Crippen LogP contribution in [0.3, 0.4) is 0 Å². The van der Waals surface area contributed by atoms with E-state index in [1.54, 1.807) is 0 Å². The van der Waals surface area contributed by atoms with Gasteiger partial charge in [-0.3, -0.25) is 0 Å².